The molecule has 0 atom stereocenters. The van der Waals surface area contributed by atoms with E-state index in [1.54, 1.807) is 0 Å². The van der Waals surface area contributed by atoms with Crippen molar-refractivity contribution < 1.29 is 4.42 Å². The Balaban J connectivity index is 1.65. The van der Waals surface area contributed by atoms with Crippen LogP contribution in [0.3, 0.4) is 0 Å². The number of aromatic nitrogens is 2. The molecule has 5 nitrogen and oxygen atoms in total. The SMILES string of the molecule is Cc1ccc2c(=NNc3nc4ccccc4[nH]3)cc(-c3ccccc3)oc2c1. The summed E-state index contributed by atoms with van der Waals surface area (Å²) < 4.78 is 6.16. The van der Waals surface area contributed by atoms with Crippen molar-refractivity contribution >= 4 is 28.0 Å². The summed E-state index contributed by atoms with van der Waals surface area (Å²) in [4.78, 5) is 7.75. The second-order valence-corrected chi connectivity index (χ2v) is 6.69. The van der Waals surface area contributed by atoms with Crippen LogP contribution in [0.1, 0.15) is 5.56 Å². The first-order valence-electron chi connectivity index (χ1n) is 9.11. The number of imidazole rings is 1. The molecule has 0 saturated heterocycles. The van der Waals surface area contributed by atoms with Crippen LogP contribution in [-0.4, -0.2) is 9.97 Å². The second-order valence-electron chi connectivity index (χ2n) is 6.69. The molecule has 136 valence electrons. The molecule has 3 aromatic carbocycles. The number of aromatic amines is 1. The molecule has 5 aromatic rings. The number of hydrogen-bond acceptors (Lipinski definition) is 4. The van der Waals surface area contributed by atoms with E-state index < -0.39 is 0 Å². The lowest BCUT2D eigenvalue weighted by Crippen LogP contribution is -2.08. The molecule has 5 rings (SSSR count). The highest BCUT2D eigenvalue weighted by Gasteiger charge is 2.07. The first-order valence-corrected chi connectivity index (χ1v) is 9.11. The van der Waals surface area contributed by atoms with E-state index in [1.165, 1.54) is 0 Å². The predicted molar refractivity (Wildman–Crippen MR) is 112 cm³/mol. The Kier molecular flexibility index (Phi) is 3.91. The number of benzene rings is 3. The third-order valence-corrected chi connectivity index (χ3v) is 4.63. The molecule has 2 aromatic heterocycles. The summed E-state index contributed by atoms with van der Waals surface area (Å²) >= 11 is 0. The fourth-order valence-electron chi connectivity index (χ4n) is 3.23. The minimum atomic E-state index is 0.600. The first kappa shape index (κ1) is 16.3. The summed E-state index contributed by atoms with van der Waals surface area (Å²) in [6.45, 7) is 2.05. The normalized spacial score (nSPS) is 12.0. The van der Waals surface area contributed by atoms with Gasteiger partial charge in [-0.1, -0.05) is 48.5 Å². The van der Waals surface area contributed by atoms with Crippen molar-refractivity contribution in [1.82, 2.24) is 9.97 Å². The molecule has 0 saturated carbocycles. The van der Waals surface area contributed by atoms with Gasteiger partial charge in [-0.15, -0.1) is 0 Å². The maximum atomic E-state index is 6.16. The van der Waals surface area contributed by atoms with Crippen molar-refractivity contribution in [2.75, 3.05) is 5.43 Å². The lowest BCUT2D eigenvalue weighted by molar-refractivity contribution is 0.618. The highest BCUT2D eigenvalue weighted by Crippen LogP contribution is 2.22. The van der Waals surface area contributed by atoms with Crippen molar-refractivity contribution in [3.63, 3.8) is 0 Å². The van der Waals surface area contributed by atoms with Gasteiger partial charge in [0.15, 0.2) is 0 Å². The molecule has 0 bridgehead atoms. The number of H-pyrrole nitrogens is 1. The molecule has 0 unspecified atom stereocenters. The number of anilines is 1. The van der Waals surface area contributed by atoms with Gasteiger partial charge in [0.25, 0.3) is 0 Å². The van der Waals surface area contributed by atoms with Crippen LogP contribution in [0.4, 0.5) is 5.95 Å². The van der Waals surface area contributed by atoms with Gasteiger partial charge in [-0.05, 0) is 36.8 Å². The highest BCUT2D eigenvalue weighted by molar-refractivity contribution is 5.79. The average molecular weight is 366 g/mol. The van der Waals surface area contributed by atoms with E-state index in [1.807, 2.05) is 79.7 Å². The summed E-state index contributed by atoms with van der Waals surface area (Å²) in [7, 11) is 0. The van der Waals surface area contributed by atoms with Gasteiger partial charge >= 0.3 is 0 Å². The monoisotopic (exact) mass is 366 g/mol. The van der Waals surface area contributed by atoms with E-state index >= 15 is 0 Å². The number of nitrogens with zero attached hydrogens (tertiary/aromatic N) is 2. The maximum Gasteiger partial charge on any atom is 0.222 e. The molecule has 0 spiro atoms. The maximum absolute atomic E-state index is 6.16. The summed E-state index contributed by atoms with van der Waals surface area (Å²) in [5, 5.41) is 6.34. The smallest absolute Gasteiger partial charge is 0.222 e. The molecule has 0 aliphatic carbocycles. The van der Waals surface area contributed by atoms with E-state index in [0.29, 0.717) is 5.95 Å². The Morgan fingerprint density at radius 3 is 2.61 bits per heavy atom. The number of fused-ring (bicyclic) bond motifs is 2. The van der Waals surface area contributed by atoms with Gasteiger partial charge in [-0.25, -0.2) is 10.4 Å². The third kappa shape index (κ3) is 3.03. The van der Waals surface area contributed by atoms with Crippen molar-refractivity contribution in [2.45, 2.75) is 6.92 Å². The summed E-state index contributed by atoms with van der Waals surface area (Å²) in [6, 6.07) is 26.0. The highest BCUT2D eigenvalue weighted by atomic mass is 16.3. The van der Waals surface area contributed by atoms with E-state index in [9.17, 15) is 0 Å². The fourth-order valence-corrected chi connectivity index (χ4v) is 3.23. The van der Waals surface area contributed by atoms with Crippen molar-refractivity contribution in [3.8, 4) is 11.3 Å². The number of aryl methyl sites for hydroxylation is 1. The lowest BCUT2D eigenvalue weighted by Gasteiger charge is -2.06. The minimum Gasteiger partial charge on any atom is -0.456 e. The molecular formula is C23H18N4O. The van der Waals surface area contributed by atoms with Gasteiger partial charge in [0.05, 0.1) is 16.4 Å². The van der Waals surface area contributed by atoms with Crippen LogP contribution >= 0.6 is 0 Å². The van der Waals surface area contributed by atoms with Crippen molar-refractivity contribution in [3.05, 3.63) is 89.8 Å². The number of rotatable bonds is 3. The Hall–Kier alpha value is -3.86. The van der Waals surface area contributed by atoms with Crippen LogP contribution in [0.5, 0.6) is 0 Å². The zero-order chi connectivity index (χ0) is 18.9. The van der Waals surface area contributed by atoms with Gasteiger partial charge in [0, 0.05) is 17.0 Å². The Morgan fingerprint density at radius 1 is 0.929 bits per heavy atom. The standard InChI is InChI=1S/C23H18N4O/c1-15-11-12-17-20(26-27-23-24-18-9-5-6-10-19(18)25-23)14-21(28-22(17)13-15)16-7-3-2-4-8-16/h2-14H,1H3,(H2,24,25,27). The van der Waals surface area contributed by atoms with Crippen LogP contribution in [0.25, 0.3) is 33.3 Å². The Labute approximate surface area is 161 Å². The van der Waals surface area contributed by atoms with E-state index in [0.717, 1.165) is 44.2 Å². The second kappa shape index (κ2) is 6.70. The Morgan fingerprint density at radius 2 is 1.75 bits per heavy atom. The van der Waals surface area contributed by atoms with Gasteiger partial charge in [0.2, 0.25) is 5.95 Å². The zero-order valence-corrected chi connectivity index (χ0v) is 15.3. The lowest BCUT2D eigenvalue weighted by atomic mass is 10.1. The van der Waals surface area contributed by atoms with Crippen LogP contribution in [0.15, 0.2) is 88.4 Å². The molecule has 0 aliphatic rings. The molecule has 0 amide bonds. The van der Waals surface area contributed by atoms with E-state index in [4.69, 9.17) is 4.42 Å². The summed E-state index contributed by atoms with van der Waals surface area (Å²) in [5.41, 5.74) is 7.86. The number of hydrogen-bond donors (Lipinski definition) is 2. The first-order chi connectivity index (χ1) is 13.8. The average Bonchev–Trinajstić information content (AvgIpc) is 3.15. The molecule has 0 aliphatic heterocycles. The number of nitrogens with one attached hydrogen (secondary N) is 2. The van der Waals surface area contributed by atoms with Crippen molar-refractivity contribution in [1.29, 1.82) is 0 Å². The molecule has 0 fully saturated rings. The Bertz CT molecular complexity index is 1320. The van der Waals surface area contributed by atoms with Gasteiger partial charge in [0.1, 0.15) is 11.3 Å². The molecule has 2 heterocycles. The third-order valence-electron chi connectivity index (χ3n) is 4.63. The minimum absolute atomic E-state index is 0.600. The molecule has 0 radical (unpaired) electrons. The van der Waals surface area contributed by atoms with Gasteiger partial charge in [-0.3, -0.25) is 0 Å². The fraction of sp³-hybridized carbons (Fsp3) is 0.0435. The largest absolute Gasteiger partial charge is 0.456 e. The topological polar surface area (TPSA) is 66.2 Å². The summed E-state index contributed by atoms with van der Waals surface area (Å²) in [5.74, 6) is 1.37. The molecule has 2 N–H and O–H groups in total. The van der Waals surface area contributed by atoms with Crippen LogP contribution in [-0.2, 0) is 0 Å². The quantitative estimate of drug-likeness (QED) is 0.431. The van der Waals surface area contributed by atoms with Crippen LogP contribution in [0, 0.1) is 6.92 Å². The van der Waals surface area contributed by atoms with Gasteiger partial charge in [-0.2, -0.15) is 5.10 Å². The molecular weight excluding hydrogens is 348 g/mol. The van der Waals surface area contributed by atoms with Crippen LogP contribution < -0.4 is 10.8 Å². The van der Waals surface area contributed by atoms with Crippen molar-refractivity contribution in [2.24, 2.45) is 5.10 Å². The van der Waals surface area contributed by atoms with E-state index in [2.05, 4.69) is 26.6 Å². The van der Waals surface area contributed by atoms with E-state index in [-0.39, 0.29) is 0 Å². The van der Waals surface area contributed by atoms with Crippen LogP contribution in [0.2, 0.25) is 0 Å². The molecule has 5 heteroatoms. The summed E-state index contributed by atoms with van der Waals surface area (Å²) in [6.07, 6.45) is 0. The zero-order valence-electron chi connectivity index (χ0n) is 15.3. The molecule has 28 heavy (non-hydrogen) atoms. The number of para-hydroxylation sites is 2. The van der Waals surface area contributed by atoms with Gasteiger partial charge < -0.3 is 9.40 Å². The predicted octanol–water partition coefficient (Wildman–Crippen LogP) is 5.21.